The topological polar surface area (TPSA) is 161 Å². The van der Waals surface area contributed by atoms with E-state index in [9.17, 15) is 17.6 Å². The van der Waals surface area contributed by atoms with Crippen LogP contribution >= 0.6 is 0 Å². The molecule has 0 saturated carbocycles. The molecule has 2 aromatic carbocycles. The molecule has 5 N–H and O–H groups in total. The lowest BCUT2D eigenvalue weighted by Crippen LogP contribution is -2.33. The Bertz CT molecular complexity index is 1320. The molecule has 198 valence electrons. The van der Waals surface area contributed by atoms with Gasteiger partial charge in [-0.15, -0.1) is 0 Å². The normalized spacial score (nSPS) is 12.2. The van der Waals surface area contributed by atoms with Crippen LogP contribution < -0.4 is 21.1 Å². The number of nitrogens with zero attached hydrogens (tertiary/aromatic N) is 3. The summed E-state index contributed by atoms with van der Waals surface area (Å²) in [5.41, 5.74) is 1.30. The molecule has 1 heterocycles. The molecule has 0 aliphatic rings. The van der Waals surface area contributed by atoms with Crippen molar-refractivity contribution in [3.8, 4) is 0 Å². The predicted octanol–water partition coefficient (Wildman–Crippen LogP) is 3.06. The van der Waals surface area contributed by atoms with Crippen LogP contribution in [0, 0.1) is 11.7 Å². The standard InChI is InChI=1S/C24H30FN7O4S/c1-15(2)13-20(21(33)36-3)29-24-31-22(30-23(32-24)28-18-6-4-5-17(25)14-18)27-12-11-16-7-9-19(10-8-16)37(26,34)35/h4-10,14-15,20H,11-13H2,1-3H3,(H2,26,34,35)(H3,27,28,29,30,31,32)/t20-/m0/s1. The second-order valence-electron chi connectivity index (χ2n) is 8.66. The Labute approximate surface area is 215 Å². The number of nitrogens with one attached hydrogen (secondary N) is 3. The maximum Gasteiger partial charge on any atom is 0.328 e. The number of benzene rings is 2. The Kier molecular flexibility index (Phi) is 9.31. The fourth-order valence-electron chi connectivity index (χ4n) is 3.42. The highest BCUT2D eigenvalue weighted by Crippen LogP contribution is 2.19. The number of halogens is 1. The van der Waals surface area contributed by atoms with Crippen molar-refractivity contribution in [3.63, 3.8) is 0 Å². The molecule has 3 rings (SSSR count). The summed E-state index contributed by atoms with van der Waals surface area (Å²) in [7, 11) is -2.45. The van der Waals surface area contributed by atoms with Gasteiger partial charge in [0.05, 0.1) is 12.0 Å². The third-order valence-corrected chi connectivity index (χ3v) is 6.09. The van der Waals surface area contributed by atoms with Crippen LogP contribution in [-0.4, -0.2) is 49.0 Å². The largest absolute Gasteiger partial charge is 0.467 e. The van der Waals surface area contributed by atoms with Crippen molar-refractivity contribution in [1.29, 1.82) is 0 Å². The minimum Gasteiger partial charge on any atom is -0.467 e. The lowest BCUT2D eigenvalue weighted by atomic mass is 10.0. The Morgan fingerprint density at radius 3 is 2.35 bits per heavy atom. The molecule has 0 aliphatic carbocycles. The van der Waals surface area contributed by atoms with Gasteiger partial charge < -0.3 is 20.7 Å². The number of ether oxygens (including phenoxy) is 1. The van der Waals surface area contributed by atoms with Crippen molar-refractivity contribution < 1.29 is 22.3 Å². The number of methoxy groups -OCH3 is 1. The first-order valence-electron chi connectivity index (χ1n) is 11.5. The number of rotatable bonds is 12. The van der Waals surface area contributed by atoms with E-state index >= 15 is 0 Å². The molecule has 0 bridgehead atoms. The third kappa shape index (κ3) is 8.65. The van der Waals surface area contributed by atoms with E-state index in [-0.39, 0.29) is 28.7 Å². The van der Waals surface area contributed by atoms with Gasteiger partial charge in [0.1, 0.15) is 11.9 Å². The smallest absolute Gasteiger partial charge is 0.328 e. The van der Waals surface area contributed by atoms with E-state index in [1.807, 2.05) is 13.8 Å². The van der Waals surface area contributed by atoms with E-state index in [1.54, 1.807) is 24.3 Å². The van der Waals surface area contributed by atoms with E-state index in [0.717, 1.165) is 5.56 Å². The molecule has 1 atom stereocenters. The third-order valence-electron chi connectivity index (χ3n) is 5.16. The summed E-state index contributed by atoms with van der Waals surface area (Å²) in [6, 6.07) is 11.4. The van der Waals surface area contributed by atoms with Crippen LogP contribution in [0.2, 0.25) is 0 Å². The quantitative estimate of drug-likeness (QED) is 0.256. The van der Waals surface area contributed by atoms with Gasteiger partial charge in [0, 0.05) is 12.2 Å². The molecule has 1 aromatic heterocycles. The molecular weight excluding hydrogens is 501 g/mol. The average Bonchev–Trinajstić information content (AvgIpc) is 2.82. The van der Waals surface area contributed by atoms with E-state index < -0.39 is 27.9 Å². The van der Waals surface area contributed by atoms with Crippen molar-refractivity contribution in [2.75, 3.05) is 29.6 Å². The number of esters is 1. The zero-order valence-electron chi connectivity index (χ0n) is 20.7. The number of aromatic nitrogens is 3. The van der Waals surface area contributed by atoms with E-state index in [1.165, 1.54) is 31.4 Å². The Balaban J connectivity index is 1.79. The first kappa shape index (κ1) is 27.7. The SMILES string of the molecule is COC(=O)[C@H](CC(C)C)Nc1nc(NCCc2ccc(S(N)(=O)=O)cc2)nc(Nc2cccc(F)c2)n1. The van der Waals surface area contributed by atoms with Gasteiger partial charge in [0.2, 0.25) is 27.9 Å². The van der Waals surface area contributed by atoms with Gasteiger partial charge in [-0.05, 0) is 54.7 Å². The number of carbonyl (C=O) groups excluding carboxylic acids is 1. The highest BCUT2D eigenvalue weighted by Gasteiger charge is 2.22. The fourth-order valence-corrected chi connectivity index (χ4v) is 3.93. The van der Waals surface area contributed by atoms with Crippen LogP contribution in [0.25, 0.3) is 0 Å². The Hall–Kier alpha value is -3.84. The lowest BCUT2D eigenvalue weighted by molar-refractivity contribution is -0.141. The lowest BCUT2D eigenvalue weighted by Gasteiger charge is -2.19. The van der Waals surface area contributed by atoms with Crippen molar-refractivity contribution in [2.24, 2.45) is 11.1 Å². The van der Waals surface area contributed by atoms with E-state index in [0.29, 0.717) is 25.1 Å². The number of carbonyl (C=O) groups is 1. The van der Waals surface area contributed by atoms with Gasteiger partial charge in [0.25, 0.3) is 0 Å². The molecular formula is C24H30FN7O4S. The number of hydrogen-bond donors (Lipinski definition) is 4. The Morgan fingerprint density at radius 2 is 1.73 bits per heavy atom. The average molecular weight is 532 g/mol. The maximum absolute atomic E-state index is 13.7. The number of hydrogen-bond acceptors (Lipinski definition) is 10. The molecule has 0 fully saturated rings. The molecule has 0 spiro atoms. The van der Waals surface area contributed by atoms with Crippen LogP contribution in [0.15, 0.2) is 53.4 Å². The minimum absolute atomic E-state index is 0.0343. The molecule has 13 heteroatoms. The highest BCUT2D eigenvalue weighted by atomic mass is 32.2. The second kappa shape index (κ2) is 12.4. The summed E-state index contributed by atoms with van der Waals surface area (Å²) in [5, 5.41) is 14.2. The zero-order valence-corrected chi connectivity index (χ0v) is 21.5. The van der Waals surface area contributed by atoms with Gasteiger partial charge in [-0.25, -0.2) is 22.7 Å². The molecule has 11 nitrogen and oxygen atoms in total. The summed E-state index contributed by atoms with van der Waals surface area (Å²) >= 11 is 0. The van der Waals surface area contributed by atoms with Crippen molar-refractivity contribution in [1.82, 2.24) is 15.0 Å². The van der Waals surface area contributed by atoms with Crippen LogP contribution in [-0.2, 0) is 26.0 Å². The molecule has 0 unspecified atom stereocenters. The maximum atomic E-state index is 13.7. The minimum atomic E-state index is -3.76. The summed E-state index contributed by atoms with van der Waals surface area (Å²) < 4.78 is 41.4. The van der Waals surface area contributed by atoms with Crippen molar-refractivity contribution in [2.45, 2.75) is 37.6 Å². The molecule has 0 amide bonds. The molecule has 3 aromatic rings. The van der Waals surface area contributed by atoms with Gasteiger partial charge >= 0.3 is 5.97 Å². The van der Waals surface area contributed by atoms with Gasteiger partial charge in [-0.2, -0.15) is 15.0 Å². The zero-order chi connectivity index (χ0) is 27.0. The highest BCUT2D eigenvalue weighted by molar-refractivity contribution is 7.89. The second-order valence-corrected chi connectivity index (χ2v) is 10.2. The van der Waals surface area contributed by atoms with Crippen LogP contribution in [0.3, 0.4) is 0 Å². The van der Waals surface area contributed by atoms with Gasteiger partial charge in [-0.1, -0.05) is 32.0 Å². The fraction of sp³-hybridized carbons (Fsp3) is 0.333. The predicted molar refractivity (Wildman–Crippen MR) is 138 cm³/mol. The number of anilines is 4. The van der Waals surface area contributed by atoms with Crippen LogP contribution in [0.5, 0.6) is 0 Å². The number of primary sulfonamides is 1. The molecule has 0 radical (unpaired) electrons. The summed E-state index contributed by atoms with van der Waals surface area (Å²) in [6.07, 6.45) is 1.02. The van der Waals surface area contributed by atoms with Crippen molar-refractivity contribution >= 4 is 39.5 Å². The Morgan fingerprint density at radius 1 is 1.05 bits per heavy atom. The summed E-state index contributed by atoms with van der Waals surface area (Å²) in [5.74, 6) is -0.202. The number of nitrogens with two attached hydrogens (primary N) is 1. The first-order valence-corrected chi connectivity index (χ1v) is 13.1. The van der Waals surface area contributed by atoms with E-state index in [4.69, 9.17) is 9.88 Å². The van der Waals surface area contributed by atoms with Crippen LogP contribution in [0.4, 0.5) is 27.9 Å². The summed E-state index contributed by atoms with van der Waals surface area (Å²) in [4.78, 5) is 25.4. The van der Waals surface area contributed by atoms with Gasteiger partial charge in [-0.3, -0.25) is 0 Å². The van der Waals surface area contributed by atoms with Crippen molar-refractivity contribution in [3.05, 3.63) is 59.9 Å². The molecule has 37 heavy (non-hydrogen) atoms. The molecule has 0 saturated heterocycles. The number of sulfonamides is 1. The van der Waals surface area contributed by atoms with Crippen LogP contribution in [0.1, 0.15) is 25.8 Å². The monoisotopic (exact) mass is 531 g/mol. The first-order chi connectivity index (χ1) is 17.5. The summed E-state index contributed by atoms with van der Waals surface area (Å²) in [6.45, 7) is 4.36. The van der Waals surface area contributed by atoms with Gasteiger partial charge in [0.15, 0.2) is 0 Å². The molecule has 0 aliphatic heterocycles. The van der Waals surface area contributed by atoms with E-state index in [2.05, 4.69) is 30.9 Å².